The van der Waals surface area contributed by atoms with Crippen molar-refractivity contribution < 1.29 is 18.7 Å². The van der Waals surface area contributed by atoms with Crippen molar-refractivity contribution in [3.8, 4) is 5.69 Å². The second kappa shape index (κ2) is 10.8. The number of anilines is 2. The van der Waals surface area contributed by atoms with E-state index >= 15 is 0 Å². The van der Waals surface area contributed by atoms with Gasteiger partial charge in [0.1, 0.15) is 17.2 Å². The molecule has 190 valence electrons. The van der Waals surface area contributed by atoms with Crippen LogP contribution in [0.4, 0.5) is 20.7 Å². The third-order valence-corrected chi connectivity index (χ3v) is 5.37. The van der Waals surface area contributed by atoms with Gasteiger partial charge in [-0.2, -0.15) is 0 Å². The van der Waals surface area contributed by atoms with E-state index in [4.69, 9.17) is 17.0 Å². The van der Waals surface area contributed by atoms with Crippen molar-refractivity contribution in [3.05, 3.63) is 84.4 Å². The van der Waals surface area contributed by atoms with Gasteiger partial charge >= 0.3 is 6.09 Å². The lowest BCUT2D eigenvalue weighted by Gasteiger charge is -2.19. The average molecular weight is 520 g/mol. The molecule has 0 aliphatic heterocycles. The molecular weight excluding hydrogens is 493 g/mol. The van der Waals surface area contributed by atoms with E-state index in [1.807, 2.05) is 47.2 Å². The van der Waals surface area contributed by atoms with Crippen LogP contribution in [-0.4, -0.2) is 32.3 Å². The van der Waals surface area contributed by atoms with Crippen LogP contribution in [0.1, 0.15) is 26.3 Å². The molecule has 0 bridgehead atoms. The molecule has 0 unspecified atom stereocenters. The molecule has 4 rings (SSSR count). The molecule has 0 spiro atoms. The summed E-state index contributed by atoms with van der Waals surface area (Å²) in [6, 6.07) is 16.9. The van der Waals surface area contributed by atoms with E-state index in [0.717, 1.165) is 16.6 Å². The molecule has 0 saturated carbocycles. The SMILES string of the molecule is CC(C)(C)OC(=O)Nc1nccc2c1ccn2-c1ccc(NC(=S)NC(=O)Cc2ccc(F)cc2)cc1. The molecule has 0 atom stereocenters. The highest BCUT2D eigenvalue weighted by molar-refractivity contribution is 7.80. The van der Waals surface area contributed by atoms with Gasteiger partial charge in [-0.25, -0.2) is 14.2 Å². The summed E-state index contributed by atoms with van der Waals surface area (Å²) >= 11 is 5.25. The first-order chi connectivity index (χ1) is 17.6. The highest BCUT2D eigenvalue weighted by atomic mass is 32.1. The van der Waals surface area contributed by atoms with Crippen LogP contribution >= 0.6 is 12.2 Å². The van der Waals surface area contributed by atoms with Gasteiger partial charge in [-0.1, -0.05) is 12.1 Å². The van der Waals surface area contributed by atoms with Gasteiger partial charge in [0.05, 0.1) is 11.9 Å². The topological polar surface area (TPSA) is 97.3 Å². The fourth-order valence-corrected chi connectivity index (χ4v) is 3.85. The Balaban J connectivity index is 1.40. The third-order valence-electron chi connectivity index (χ3n) is 5.17. The minimum atomic E-state index is -0.618. The molecule has 3 N–H and O–H groups in total. The molecule has 10 heteroatoms. The quantitative estimate of drug-likeness (QED) is 0.299. The molecule has 2 aromatic heterocycles. The van der Waals surface area contributed by atoms with Crippen LogP contribution in [0.2, 0.25) is 0 Å². The number of benzene rings is 2. The normalized spacial score (nSPS) is 11.1. The Morgan fingerprint density at radius 3 is 2.38 bits per heavy atom. The number of pyridine rings is 1. The van der Waals surface area contributed by atoms with E-state index in [1.165, 1.54) is 12.1 Å². The van der Waals surface area contributed by atoms with Crippen LogP contribution in [0.25, 0.3) is 16.6 Å². The molecule has 0 aliphatic rings. The van der Waals surface area contributed by atoms with Crippen molar-refractivity contribution in [1.29, 1.82) is 0 Å². The number of carbonyl (C=O) groups is 2. The van der Waals surface area contributed by atoms with E-state index in [9.17, 15) is 14.0 Å². The highest BCUT2D eigenvalue weighted by Gasteiger charge is 2.18. The van der Waals surface area contributed by atoms with Crippen molar-refractivity contribution in [1.82, 2.24) is 14.9 Å². The molecule has 2 aromatic carbocycles. The second-order valence-electron chi connectivity index (χ2n) is 9.26. The number of nitrogens with one attached hydrogen (secondary N) is 3. The molecule has 2 amide bonds. The van der Waals surface area contributed by atoms with Crippen LogP contribution < -0.4 is 16.0 Å². The zero-order valence-corrected chi connectivity index (χ0v) is 21.4. The van der Waals surface area contributed by atoms with Gasteiger partial charge in [0.25, 0.3) is 0 Å². The van der Waals surface area contributed by atoms with E-state index in [0.29, 0.717) is 17.1 Å². The van der Waals surface area contributed by atoms with Crippen molar-refractivity contribution in [2.75, 3.05) is 10.6 Å². The molecule has 0 fully saturated rings. The highest BCUT2D eigenvalue weighted by Crippen LogP contribution is 2.26. The summed E-state index contributed by atoms with van der Waals surface area (Å²) in [6.45, 7) is 5.39. The van der Waals surface area contributed by atoms with E-state index in [1.54, 1.807) is 39.1 Å². The molecule has 0 saturated heterocycles. The Bertz CT molecular complexity index is 1440. The number of halogens is 1. The Kier molecular flexibility index (Phi) is 7.49. The number of amides is 2. The molecular formula is C27H26FN5O3S. The van der Waals surface area contributed by atoms with Gasteiger partial charge in [0, 0.05) is 29.2 Å². The maximum Gasteiger partial charge on any atom is 0.413 e. The summed E-state index contributed by atoms with van der Waals surface area (Å²) in [4.78, 5) is 28.7. The Morgan fingerprint density at radius 1 is 1.00 bits per heavy atom. The lowest BCUT2D eigenvalue weighted by Crippen LogP contribution is -2.35. The first-order valence-corrected chi connectivity index (χ1v) is 11.9. The van der Waals surface area contributed by atoms with E-state index in [2.05, 4.69) is 20.9 Å². The Hall–Kier alpha value is -4.31. The Morgan fingerprint density at radius 2 is 1.70 bits per heavy atom. The molecule has 0 radical (unpaired) electrons. The molecule has 2 heterocycles. The standard InChI is InChI=1S/C27H26FN5O3S/c1-27(2,3)36-26(35)32-24-21-13-15-33(22(21)12-14-29-24)20-10-8-19(9-11-20)30-25(37)31-23(34)16-17-4-6-18(28)7-5-17/h4-15H,16H2,1-3H3,(H,29,32,35)(H2,30,31,34,37). The largest absolute Gasteiger partial charge is 0.444 e. The lowest BCUT2D eigenvalue weighted by atomic mass is 10.1. The van der Waals surface area contributed by atoms with Gasteiger partial charge < -0.3 is 19.9 Å². The lowest BCUT2D eigenvalue weighted by molar-refractivity contribution is -0.119. The molecule has 37 heavy (non-hydrogen) atoms. The third kappa shape index (κ3) is 6.89. The van der Waals surface area contributed by atoms with Crippen LogP contribution in [0.5, 0.6) is 0 Å². The summed E-state index contributed by atoms with van der Waals surface area (Å²) in [7, 11) is 0. The zero-order valence-electron chi connectivity index (χ0n) is 20.5. The van der Waals surface area contributed by atoms with E-state index < -0.39 is 11.7 Å². The number of hydrogen-bond donors (Lipinski definition) is 3. The van der Waals surface area contributed by atoms with Gasteiger partial charge in [0.2, 0.25) is 5.91 Å². The van der Waals surface area contributed by atoms with Crippen molar-refractivity contribution >= 4 is 51.7 Å². The molecule has 4 aromatic rings. The van der Waals surface area contributed by atoms with Gasteiger partial charge in [-0.05, 0) is 87.1 Å². The first kappa shape index (κ1) is 25.8. The van der Waals surface area contributed by atoms with E-state index in [-0.39, 0.29) is 23.3 Å². The second-order valence-corrected chi connectivity index (χ2v) is 9.67. The minimum Gasteiger partial charge on any atom is -0.444 e. The maximum atomic E-state index is 13.0. The summed E-state index contributed by atoms with van der Waals surface area (Å²) in [5, 5.41) is 9.25. The predicted molar refractivity (Wildman–Crippen MR) is 145 cm³/mol. The van der Waals surface area contributed by atoms with Crippen molar-refractivity contribution in [3.63, 3.8) is 0 Å². The van der Waals surface area contributed by atoms with Gasteiger partial charge in [-0.3, -0.25) is 10.1 Å². The number of thiocarbonyl (C=S) groups is 1. The summed E-state index contributed by atoms with van der Waals surface area (Å²) in [5.74, 6) is -0.248. The fourth-order valence-electron chi connectivity index (χ4n) is 3.62. The number of fused-ring (bicyclic) bond motifs is 1. The van der Waals surface area contributed by atoms with Crippen LogP contribution in [0.3, 0.4) is 0 Å². The van der Waals surface area contributed by atoms with Crippen molar-refractivity contribution in [2.24, 2.45) is 0 Å². The number of nitrogens with zero attached hydrogens (tertiary/aromatic N) is 2. The first-order valence-electron chi connectivity index (χ1n) is 11.5. The number of rotatable bonds is 5. The smallest absolute Gasteiger partial charge is 0.413 e. The number of hydrogen-bond acceptors (Lipinski definition) is 5. The number of aromatic nitrogens is 2. The number of carbonyl (C=O) groups excluding carboxylic acids is 2. The van der Waals surface area contributed by atoms with Crippen LogP contribution in [-0.2, 0) is 16.0 Å². The summed E-state index contributed by atoms with van der Waals surface area (Å²) in [5.41, 5.74) is 2.49. The molecule has 0 aliphatic carbocycles. The Labute approximate surface area is 218 Å². The van der Waals surface area contributed by atoms with Crippen LogP contribution in [0.15, 0.2) is 73.1 Å². The summed E-state index contributed by atoms with van der Waals surface area (Å²) < 4.78 is 20.3. The zero-order chi connectivity index (χ0) is 26.6. The number of ether oxygens (including phenoxy) is 1. The predicted octanol–water partition coefficient (Wildman–Crippen LogP) is 5.57. The monoisotopic (exact) mass is 519 g/mol. The fraction of sp³-hybridized carbons (Fsp3) is 0.185. The molecule has 8 nitrogen and oxygen atoms in total. The van der Waals surface area contributed by atoms with Gasteiger partial charge in [0.15, 0.2) is 5.11 Å². The summed E-state index contributed by atoms with van der Waals surface area (Å²) in [6.07, 6.45) is 3.02. The van der Waals surface area contributed by atoms with Gasteiger partial charge in [-0.15, -0.1) is 0 Å². The van der Waals surface area contributed by atoms with Crippen LogP contribution in [0, 0.1) is 5.82 Å². The minimum absolute atomic E-state index is 0.0847. The maximum absolute atomic E-state index is 13.0. The van der Waals surface area contributed by atoms with Crippen molar-refractivity contribution in [2.45, 2.75) is 32.8 Å². The average Bonchev–Trinajstić information content (AvgIpc) is 3.25.